The Bertz CT molecular complexity index is 596. The number of esters is 1. The second kappa shape index (κ2) is 4.84. The van der Waals surface area contributed by atoms with Crippen molar-refractivity contribution in [3.63, 3.8) is 0 Å². The van der Waals surface area contributed by atoms with Crippen LogP contribution in [0.15, 0.2) is 0 Å². The zero-order chi connectivity index (χ0) is 17.5. The molecular weight excluding hydrogens is 304 g/mol. The van der Waals surface area contributed by atoms with E-state index in [0.717, 1.165) is 25.7 Å². The molecule has 4 fully saturated rings. The summed E-state index contributed by atoms with van der Waals surface area (Å²) in [6, 6.07) is 0. The van der Waals surface area contributed by atoms with Gasteiger partial charge in [-0.25, -0.2) is 0 Å². The molecule has 4 nitrogen and oxygen atoms in total. The summed E-state index contributed by atoms with van der Waals surface area (Å²) in [5.41, 5.74) is -0.531. The van der Waals surface area contributed by atoms with Gasteiger partial charge in [0.2, 0.25) is 0 Å². The summed E-state index contributed by atoms with van der Waals surface area (Å²) in [5, 5.41) is 0. The number of ether oxygens (including phenoxy) is 2. The van der Waals surface area contributed by atoms with Crippen molar-refractivity contribution in [2.24, 2.45) is 28.6 Å². The van der Waals surface area contributed by atoms with Gasteiger partial charge in [-0.3, -0.25) is 9.59 Å². The van der Waals surface area contributed by atoms with E-state index in [1.807, 2.05) is 6.92 Å². The minimum atomic E-state index is -0.292. The third-order valence-electron chi connectivity index (χ3n) is 8.02. The Labute approximate surface area is 144 Å². The average molecular weight is 334 g/mol. The number of rotatable bonds is 1. The van der Waals surface area contributed by atoms with E-state index in [2.05, 4.69) is 27.7 Å². The summed E-state index contributed by atoms with van der Waals surface area (Å²) in [7, 11) is 0. The molecule has 2 saturated carbocycles. The fourth-order valence-electron chi connectivity index (χ4n) is 6.87. The van der Waals surface area contributed by atoms with E-state index >= 15 is 0 Å². The highest BCUT2D eigenvalue weighted by atomic mass is 16.6. The minimum absolute atomic E-state index is 0.00720. The van der Waals surface area contributed by atoms with Crippen LogP contribution >= 0.6 is 0 Å². The number of hydrogen-bond donors (Lipinski definition) is 0. The highest BCUT2D eigenvalue weighted by Crippen LogP contribution is 2.66. The van der Waals surface area contributed by atoms with E-state index in [0.29, 0.717) is 18.1 Å². The minimum Gasteiger partial charge on any atom is -0.459 e. The summed E-state index contributed by atoms with van der Waals surface area (Å²) in [6.45, 7) is 10.8. The molecule has 2 aliphatic heterocycles. The van der Waals surface area contributed by atoms with Crippen molar-refractivity contribution in [2.75, 3.05) is 0 Å². The van der Waals surface area contributed by atoms with Gasteiger partial charge in [0.15, 0.2) is 0 Å². The summed E-state index contributed by atoms with van der Waals surface area (Å²) < 4.78 is 12.4. The summed E-state index contributed by atoms with van der Waals surface area (Å²) >= 11 is 0. The first kappa shape index (κ1) is 16.6. The van der Waals surface area contributed by atoms with E-state index in [1.165, 1.54) is 0 Å². The van der Waals surface area contributed by atoms with Gasteiger partial charge in [0.05, 0.1) is 11.5 Å². The molecule has 0 amide bonds. The lowest BCUT2D eigenvalue weighted by molar-refractivity contribution is -0.184. The molecule has 0 bridgehead atoms. The van der Waals surface area contributed by atoms with Crippen molar-refractivity contribution in [3.8, 4) is 0 Å². The van der Waals surface area contributed by atoms with Gasteiger partial charge in [-0.05, 0) is 43.9 Å². The second-order valence-electron chi connectivity index (χ2n) is 9.53. The third-order valence-corrected chi connectivity index (χ3v) is 8.02. The number of hydrogen-bond acceptors (Lipinski definition) is 4. The summed E-state index contributed by atoms with van der Waals surface area (Å²) in [5.74, 6) is 0.704. The molecule has 0 aromatic heterocycles. The third kappa shape index (κ3) is 1.84. The summed E-state index contributed by atoms with van der Waals surface area (Å²) in [4.78, 5) is 24.8. The number of carbonyl (C=O) groups excluding carboxylic acids is 2. The molecule has 134 valence electrons. The van der Waals surface area contributed by atoms with Gasteiger partial charge in [0.25, 0.3) is 0 Å². The van der Waals surface area contributed by atoms with Crippen molar-refractivity contribution in [1.82, 2.24) is 0 Å². The Kier molecular flexibility index (Phi) is 3.34. The van der Waals surface area contributed by atoms with Crippen LogP contribution in [0.25, 0.3) is 0 Å². The molecule has 4 aliphatic rings. The molecule has 7 atom stereocenters. The van der Waals surface area contributed by atoms with Crippen LogP contribution in [0.5, 0.6) is 0 Å². The van der Waals surface area contributed by atoms with Gasteiger partial charge in [0.1, 0.15) is 18.0 Å². The fraction of sp³-hybridized carbons (Fsp3) is 0.900. The number of fused-ring (bicyclic) bond motifs is 5. The Hall–Kier alpha value is -0.900. The smallest absolute Gasteiger partial charge is 0.312 e. The first-order valence-electron chi connectivity index (χ1n) is 9.57. The molecule has 2 heterocycles. The normalized spacial score (nSPS) is 52.5. The van der Waals surface area contributed by atoms with Crippen molar-refractivity contribution < 1.29 is 19.1 Å². The molecule has 7 unspecified atom stereocenters. The standard InChI is InChI=1S/C20H30O4/c1-6-11-14-15(23-17(11)22)16-19(4)9-8-13(21)18(2,3)12(19)7-10-20(16,5)24-14/h11-12,14-16H,6-10H2,1-5H3. The lowest BCUT2D eigenvalue weighted by atomic mass is 9.45. The van der Waals surface area contributed by atoms with Crippen LogP contribution in [-0.2, 0) is 19.1 Å². The topological polar surface area (TPSA) is 52.6 Å². The van der Waals surface area contributed by atoms with Crippen molar-refractivity contribution in [1.29, 1.82) is 0 Å². The van der Waals surface area contributed by atoms with Crippen LogP contribution in [0.2, 0.25) is 0 Å². The van der Waals surface area contributed by atoms with E-state index in [1.54, 1.807) is 0 Å². The second-order valence-corrected chi connectivity index (χ2v) is 9.53. The van der Waals surface area contributed by atoms with Crippen LogP contribution in [0.3, 0.4) is 0 Å². The monoisotopic (exact) mass is 334 g/mol. The molecule has 2 saturated heterocycles. The maximum atomic E-state index is 12.5. The summed E-state index contributed by atoms with van der Waals surface area (Å²) in [6.07, 6.45) is 4.03. The molecule has 0 spiro atoms. The zero-order valence-electron chi connectivity index (χ0n) is 15.6. The van der Waals surface area contributed by atoms with Crippen LogP contribution in [0, 0.1) is 28.6 Å². The first-order chi connectivity index (χ1) is 11.1. The molecule has 4 rings (SSSR count). The van der Waals surface area contributed by atoms with Crippen LogP contribution in [-0.4, -0.2) is 29.6 Å². The van der Waals surface area contributed by atoms with Crippen molar-refractivity contribution >= 4 is 11.8 Å². The molecule has 4 heteroatoms. The lowest BCUT2D eigenvalue weighted by Gasteiger charge is -2.59. The zero-order valence-corrected chi connectivity index (χ0v) is 15.6. The molecule has 0 N–H and O–H groups in total. The number of carbonyl (C=O) groups is 2. The Balaban J connectivity index is 1.76. The molecule has 2 aliphatic carbocycles. The first-order valence-corrected chi connectivity index (χ1v) is 9.57. The average Bonchev–Trinajstić information content (AvgIpc) is 2.93. The molecule has 24 heavy (non-hydrogen) atoms. The van der Waals surface area contributed by atoms with Gasteiger partial charge >= 0.3 is 5.97 Å². The fourth-order valence-corrected chi connectivity index (χ4v) is 6.87. The molecule has 0 aromatic rings. The predicted octanol–water partition coefficient (Wildman–Crippen LogP) is 3.52. The van der Waals surface area contributed by atoms with Gasteiger partial charge < -0.3 is 9.47 Å². The lowest BCUT2D eigenvalue weighted by Crippen LogP contribution is -2.60. The van der Waals surface area contributed by atoms with Crippen molar-refractivity contribution in [3.05, 3.63) is 0 Å². The van der Waals surface area contributed by atoms with Crippen LogP contribution in [0.4, 0.5) is 0 Å². The molecule has 0 radical (unpaired) electrons. The highest BCUT2D eigenvalue weighted by molar-refractivity contribution is 5.85. The Morgan fingerprint density at radius 3 is 2.46 bits per heavy atom. The maximum absolute atomic E-state index is 12.5. The Morgan fingerprint density at radius 2 is 1.79 bits per heavy atom. The van der Waals surface area contributed by atoms with Gasteiger partial charge in [-0.2, -0.15) is 0 Å². The highest BCUT2D eigenvalue weighted by Gasteiger charge is 2.70. The van der Waals surface area contributed by atoms with E-state index < -0.39 is 0 Å². The van der Waals surface area contributed by atoms with Gasteiger partial charge in [-0.15, -0.1) is 0 Å². The molecular formula is C20H30O4. The number of ketones is 1. The number of Topliss-reactive ketones (excluding diaryl/α,β-unsaturated/α-hetero) is 1. The van der Waals surface area contributed by atoms with E-state index in [9.17, 15) is 9.59 Å². The molecule has 0 aromatic carbocycles. The Morgan fingerprint density at radius 1 is 1.08 bits per heavy atom. The quantitative estimate of drug-likeness (QED) is 0.689. The van der Waals surface area contributed by atoms with Gasteiger partial charge in [0, 0.05) is 17.8 Å². The largest absolute Gasteiger partial charge is 0.459 e. The van der Waals surface area contributed by atoms with Crippen LogP contribution < -0.4 is 0 Å². The predicted molar refractivity (Wildman–Crippen MR) is 89.3 cm³/mol. The maximum Gasteiger partial charge on any atom is 0.312 e. The van der Waals surface area contributed by atoms with Crippen molar-refractivity contribution in [2.45, 2.75) is 84.5 Å². The van der Waals surface area contributed by atoms with Gasteiger partial charge in [-0.1, -0.05) is 27.7 Å². The SMILES string of the molecule is CCC1C(=O)OC2C1OC1(C)CCC3C(C)(C)C(=O)CCC3(C)C21. The van der Waals surface area contributed by atoms with E-state index in [-0.39, 0.29) is 46.4 Å². The van der Waals surface area contributed by atoms with E-state index in [4.69, 9.17) is 9.47 Å². The van der Waals surface area contributed by atoms with Crippen LogP contribution in [0.1, 0.15) is 66.7 Å².